The zero-order valence-corrected chi connectivity index (χ0v) is 19.4. The fourth-order valence-electron chi connectivity index (χ4n) is 3.70. The highest BCUT2D eigenvalue weighted by Crippen LogP contribution is 2.26. The molecule has 1 atom stereocenters. The number of methoxy groups -OCH3 is 1. The Kier molecular flexibility index (Phi) is 9.03. The second-order valence-corrected chi connectivity index (χ2v) is 8.73. The average molecular weight is 416 g/mol. The van der Waals surface area contributed by atoms with Crippen molar-refractivity contribution in [3.63, 3.8) is 0 Å². The van der Waals surface area contributed by atoms with Gasteiger partial charge in [0.05, 0.1) is 30.1 Å². The molecule has 1 unspecified atom stereocenters. The van der Waals surface area contributed by atoms with Gasteiger partial charge in [-0.3, -0.25) is 14.2 Å². The van der Waals surface area contributed by atoms with Gasteiger partial charge >= 0.3 is 0 Å². The number of benzene rings is 1. The number of hydrogen-bond donors (Lipinski definition) is 0. The van der Waals surface area contributed by atoms with Gasteiger partial charge in [0.25, 0.3) is 5.56 Å². The van der Waals surface area contributed by atoms with E-state index in [9.17, 15) is 9.59 Å². The Hall–Kier alpha value is -2.21. The minimum atomic E-state index is -0.246. The van der Waals surface area contributed by atoms with E-state index in [0.717, 1.165) is 6.42 Å². The van der Waals surface area contributed by atoms with Crippen LogP contribution in [0.25, 0.3) is 10.9 Å². The molecule has 1 aromatic carbocycles. The predicted molar refractivity (Wildman–Crippen MR) is 122 cm³/mol. The molecule has 0 N–H and O–H groups in total. The molecule has 0 fully saturated rings. The first-order chi connectivity index (χ1) is 14.3. The molecule has 0 aliphatic carbocycles. The molecule has 1 aromatic heterocycles. The molecule has 1 amide bonds. The van der Waals surface area contributed by atoms with Gasteiger partial charge in [-0.25, -0.2) is 4.98 Å². The zero-order valence-electron chi connectivity index (χ0n) is 19.4. The van der Waals surface area contributed by atoms with Gasteiger partial charge in [0.2, 0.25) is 5.91 Å². The first-order valence-electron chi connectivity index (χ1n) is 11.1. The van der Waals surface area contributed by atoms with E-state index >= 15 is 0 Å². The van der Waals surface area contributed by atoms with Crippen LogP contribution in [0.4, 0.5) is 0 Å². The highest BCUT2D eigenvalue weighted by molar-refractivity contribution is 5.78. The fraction of sp³-hybridized carbons (Fsp3) is 0.625. The van der Waals surface area contributed by atoms with Crippen LogP contribution in [-0.4, -0.2) is 40.6 Å². The maximum absolute atomic E-state index is 13.3. The highest BCUT2D eigenvalue weighted by Gasteiger charge is 2.28. The summed E-state index contributed by atoms with van der Waals surface area (Å²) < 4.78 is 6.95. The number of carbonyl (C=O) groups excluding carboxylic acids is 1. The van der Waals surface area contributed by atoms with Crippen molar-refractivity contribution in [2.75, 3.05) is 20.3 Å². The van der Waals surface area contributed by atoms with Gasteiger partial charge in [-0.05, 0) is 36.8 Å². The maximum atomic E-state index is 13.3. The Morgan fingerprint density at radius 1 is 1.17 bits per heavy atom. The van der Waals surface area contributed by atoms with E-state index in [1.165, 1.54) is 0 Å². The number of rotatable bonds is 11. The van der Waals surface area contributed by atoms with Crippen LogP contribution >= 0.6 is 0 Å². The van der Waals surface area contributed by atoms with Crippen molar-refractivity contribution in [3.8, 4) is 0 Å². The lowest BCUT2D eigenvalue weighted by Crippen LogP contribution is -2.40. The Labute approximate surface area is 180 Å². The van der Waals surface area contributed by atoms with Gasteiger partial charge in [0.1, 0.15) is 5.82 Å². The summed E-state index contributed by atoms with van der Waals surface area (Å²) in [7, 11) is 1.62. The lowest BCUT2D eigenvalue weighted by molar-refractivity contribution is -0.135. The standard InChI is InChI=1S/C24H37N3O3/c1-7-21(26(13-12-17(2)3)22(28)16-18(4)5)23-25-20-11-9-8-10-19(20)24(29)27(23)14-15-30-6/h8-11,17-18,21H,7,12-16H2,1-6H3. The van der Waals surface area contributed by atoms with Crippen molar-refractivity contribution >= 4 is 16.8 Å². The number of hydrogen-bond acceptors (Lipinski definition) is 4. The molecule has 0 saturated carbocycles. The Morgan fingerprint density at radius 2 is 1.87 bits per heavy atom. The molecule has 6 nitrogen and oxygen atoms in total. The normalized spacial score (nSPS) is 12.7. The van der Waals surface area contributed by atoms with Crippen molar-refractivity contribution in [3.05, 3.63) is 40.4 Å². The Morgan fingerprint density at radius 3 is 2.47 bits per heavy atom. The molecule has 0 radical (unpaired) electrons. The smallest absolute Gasteiger partial charge is 0.261 e. The molecule has 0 aliphatic rings. The van der Waals surface area contributed by atoms with Crippen LogP contribution in [0.1, 0.15) is 65.7 Å². The monoisotopic (exact) mass is 415 g/mol. The van der Waals surface area contributed by atoms with Crippen LogP contribution in [0, 0.1) is 11.8 Å². The molecule has 0 spiro atoms. The van der Waals surface area contributed by atoms with E-state index in [1.54, 1.807) is 17.7 Å². The van der Waals surface area contributed by atoms with E-state index in [0.29, 0.717) is 55.2 Å². The Balaban J connectivity index is 2.60. The first-order valence-corrected chi connectivity index (χ1v) is 11.1. The van der Waals surface area contributed by atoms with Gasteiger partial charge in [0.15, 0.2) is 0 Å². The number of amides is 1. The van der Waals surface area contributed by atoms with Crippen LogP contribution in [0.2, 0.25) is 0 Å². The van der Waals surface area contributed by atoms with Crippen LogP contribution < -0.4 is 5.56 Å². The summed E-state index contributed by atoms with van der Waals surface area (Å²) in [6.45, 7) is 12.0. The highest BCUT2D eigenvalue weighted by atomic mass is 16.5. The lowest BCUT2D eigenvalue weighted by atomic mass is 10.0. The molecule has 0 aliphatic heterocycles. The topological polar surface area (TPSA) is 64.4 Å². The number of ether oxygens (including phenoxy) is 1. The second-order valence-electron chi connectivity index (χ2n) is 8.73. The van der Waals surface area contributed by atoms with E-state index in [1.807, 2.05) is 23.1 Å². The third-order valence-electron chi connectivity index (χ3n) is 5.32. The first kappa shape index (κ1) is 24.1. The van der Waals surface area contributed by atoms with E-state index in [2.05, 4.69) is 34.6 Å². The van der Waals surface area contributed by atoms with Gasteiger partial charge < -0.3 is 9.64 Å². The quantitative estimate of drug-likeness (QED) is 0.545. The van der Waals surface area contributed by atoms with Gasteiger partial charge in [-0.2, -0.15) is 0 Å². The predicted octanol–water partition coefficient (Wildman–Crippen LogP) is 4.41. The van der Waals surface area contributed by atoms with Gasteiger partial charge in [-0.15, -0.1) is 0 Å². The average Bonchev–Trinajstić information content (AvgIpc) is 2.69. The zero-order chi connectivity index (χ0) is 22.3. The molecule has 0 saturated heterocycles. The molecular weight excluding hydrogens is 378 g/mol. The van der Waals surface area contributed by atoms with Crippen LogP contribution in [0.5, 0.6) is 0 Å². The number of aromatic nitrogens is 2. The minimum absolute atomic E-state index is 0.0776. The molecule has 2 rings (SSSR count). The fourth-order valence-corrected chi connectivity index (χ4v) is 3.70. The summed E-state index contributed by atoms with van der Waals surface area (Å²) in [5, 5.41) is 0.592. The Bertz CT molecular complexity index is 889. The summed E-state index contributed by atoms with van der Waals surface area (Å²) in [4.78, 5) is 33.3. The third kappa shape index (κ3) is 5.91. The maximum Gasteiger partial charge on any atom is 0.261 e. The number of carbonyl (C=O) groups is 1. The largest absolute Gasteiger partial charge is 0.383 e. The lowest BCUT2D eigenvalue weighted by Gasteiger charge is -2.33. The molecular formula is C24H37N3O3. The molecule has 2 aromatic rings. The third-order valence-corrected chi connectivity index (χ3v) is 5.32. The molecule has 6 heteroatoms. The summed E-state index contributed by atoms with van der Waals surface area (Å²) in [5.74, 6) is 1.53. The molecule has 30 heavy (non-hydrogen) atoms. The van der Waals surface area contributed by atoms with E-state index in [4.69, 9.17) is 9.72 Å². The van der Waals surface area contributed by atoms with Crippen molar-refractivity contribution in [2.45, 2.75) is 66.5 Å². The number of para-hydroxylation sites is 1. The van der Waals surface area contributed by atoms with Crippen molar-refractivity contribution in [1.29, 1.82) is 0 Å². The summed E-state index contributed by atoms with van der Waals surface area (Å²) in [6.07, 6.45) is 2.10. The van der Waals surface area contributed by atoms with Crippen molar-refractivity contribution < 1.29 is 9.53 Å². The number of fused-ring (bicyclic) bond motifs is 1. The van der Waals surface area contributed by atoms with Gasteiger partial charge in [0, 0.05) is 20.1 Å². The summed E-state index contributed by atoms with van der Waals surface area (Å²) in [6, 6.07) is 7.16. The molecule has 1 heterocycles. The minimum Gasteiger partial charge on any atom is -0.383 e. The molecule has 0 bridgehead atoms. The number of nitrogens with zero attached hydrogens (tertiary/aromatic N) is 3. The summed E-state index contributed by atoms with van der Waals surface area (Å²) in [5.41, 5.74) is 0.593. The van der Waals surface area contributed by atoms with Crippen molar-refractivity contribution in [2.24, 2.45) is 11.8 Å². The van der Waals surface area contributed by atoms with Gasteiger partial charge in [-0.1, -0.05) is 46.8 Å². The second kappa shape index (κ2) is 11.3. The van der Waals surface area contributed by atoms with Crippen LogP contribution in [-0.2, 0) is 16.1 Å². The van der Waals surface area contributed by atoms with Crippen LogP contribution in [0.15, 0.2) is 29.1 Å². The van der Waals surface area contributed by atoms with Crippen LogP contribution in [0.3, 0.4) is 0 Å². The van der Waals surface area contributed by atoms with E-state index in [-0.39, 0.29) is 23.4 Å². The van der Waals surface area contributed by atoms with E-state index < -0.39 is 0 Å². The SMILES string of the molecule is CCC(c1nc2ccccc2c(=O)n1CCOC)N(CCC(C)C)C(=O)CC(C)C. The van der Waals surface area contributed by atoms with Crippen molar-refractivity contribution in [1.82, 2.24) is 14.5 Å². The summed E-state index contributed by atoms with van der Waals surface area (Å²) >= 11 is 0. The molecule has 166 valence electrons.